The van der Waals surface area contributed by atoms with Gasteiger partial charge in [0.1, 0.15) is 0 Å². The SMILES string of the molecule is O=C1NC2C[C@@H]3C1[C@H]3C2. The number of amides is 1. The van der Waals surface area contributed by atoms with Gasteiger partial charge in [-0.05, 0) is 24.7 Å². The van der Waals surface area contributed by atoms with Crippen molar-refractivity contribution in [2.24, 2.45) is 17.8 Å². The van der Waals surface area contributed by atoms with Crippen LogP contribution in [0.1, 0.15) is 12.8 Å². The largest absolute Gasteiger partial charge is 0.353 e. The Hall–Kier alpha value is -0.530. The van der Waals surface area contributed by atoms with Gasteiger partial charge in [0.25, 0.3) is 0 Å². The first-order valence-electron chi connectivity index (χ1n) is 3.66. The molecule has 2 nitrogen and oxygen atoms in total. The highest BCUT2D eigenvalue weighted by Gasteiger charge is 2.63. The van der Waals surface area contributed by atoms with Crippen molar-refractivity contribution in [3.05, 3.63) is 0 Å². The molecule has 4 aliphatic rings. The summed E-state index contributed by atoms with van der Waals surface area (Å²) in [7, 11) is 0. The molecule has 0 unspecified atom stereocenters. The third-order valence-electron chi connectivity index (χ3n) is 3.09. The molecule has 4 fully saturated rings. The van der Waals surface area contributed by atoms with Crippen molar-refractivity contribution in [3.8, 4) is 0 Å². The molecule has 0 aromatic heterocycles. The summed E-state index contributed by atoms with van der Waals surface area (Å²) in [5, 5.41) is 3.00. The van der Waals surface area contributed by atoms with E-state index >= 15 is 0 Å². The summed E-state index contributed by atoms with van der Waals surface area (Å²) in [6.07, 6.45) is 2.56. The number of carbonyl (C=O) groups is 1. The molecular formula is C7H9NO. The van der Waals surface area contributed by atoms with Crippen molar-refractivity contribution in [2.45, 2.75) is 18.9 Å². The Morgan fingerprint density at radius 2 is 2.00 bits per heavy atom. The van der Waals surface area contributed by atoms with Gasteiger partial charge in [-0.1, -0.05) is 0 Å². The van der Waals surface area contributed by atoms with Gasteiger partial charge in [0.2, 0.25) is 5.91 Å². The molecule has 1 amide bonds. The van der Waals surface area contributed by atoms with Crippen LogP contribution >= 0.6 is 0 Å². The van der Waals surface area contributed by atoms with Gasteiger partial charge in [-0.2, -0.15) is 0 Å². The van der Waals surface area contributed by atoms with Gasteiger partial charge in [0.15, 0.2) is 0 Å². The van der Waals surface area contributed by atoms with Gasteiger partial charge < -0.3 is 5.32 Å². The van der Waals surface area contributed by atoms with Crippen LogP contribution in [0.15, 0.2) is 0 Å². The third-order valence-corrected chi connectivity index (χ3v) is 3.09. The first-order valence-corrected chi connectivity index (χ1v) is 3.66. The van der Waals surface area contributed by atoms with Crippen LogP contribution in [0.3, 0.4) is 0 Å². The smallest absolute Gasteiger partial charge is 0.223 e. The van der Waals surface area contributed by atoms with E-state index < -0.39 is 0 Å². The number of fused-ring (bicyclic) bond motifs is 1. The molecule has 2 heteroatoms. The average molecular weight is 123 g/mol. The highest BCUT2D eigenvalue weighted by Crippen LogP contribution is 2.60. The van der Waals surface area contributed by atoms with E-state index in [2.05, 4.69) is 5.32 Å². The second-order valence-corrected chi connectivity index (χ2v) is 3.53. The molecule has 2 saturated carbocycles. The van der Waals surface area contributed by atoms with E-state index in [0.717, 1.165) is 11.8 Å². The summed E-state index contributed by atoms with van der Waals surface area (Å²) in [5.41, 5.74) is 0. The van der Waals surface area contributed by atoms with Crippen molar-refractivity contribution in [3.63, 3.8) is 0 Å². The van der Waals surface area contributed by atoms with Crippen LogP contribution in [0.5, 0.6) is 0 Å². The molecule has 1 N–H and O–H groups in total. The molecular weight excluding hydrogens is 114 g/mol. The molecule has 0 spiro atoms. The molecule has 0 aromatic rings. The molecule has 9 heavy (non-hydrogen) atoms. The van der Waals surface area contributed by atoms with E-state index in [9.17, 15) is 4.79 Å². The molecule has 2 aliphatic carbocycles. The number of hydrogen-bond donors (Lipinski definition) is 1. The van der Waals surface area contributed by atoms with E-state index in [0.29, 0.717) is 17.9 Å². The fraction of sp³-hybridized carbons (Fsp3) is 0.857. The zero-order valence-corrected chi connectivity index (χ0v) is 5.13. The number of rotatable bonds is 0. The second-order valence-electron chi connectivity index (χ2n) is 3.53. The number of piperidine rings is 2. The molecule has 4 rings (SSSR count). The lowest BCUT2D eigenvalue weighted by atomic mass is 10.0. The Bertz CT molecular complexity index is 177. The Morgan fingerprint density at radius 1 is 1.33 bits per heavy atom. The fourth-order valence-corrected chi connectivity index (χ4v) is 2.65. The Morgan fingerprint density at radius 3 is 2.33 bits per heavy atom. The summed E-state index contributed by atoms with van der Waals surface area (Å²) >= 11 is 0. The van der Waals surface area contributed by atoms with Crippen molar-refractivity contribution in [1.29, 1.82) is 0 Å². The standard InChI is InChI=1S/C7H9NO/c9-7-6-4-1-3(8-7)2-5(4)6/h3-6H,1-2H2,(H,8,9)/t3?,4-,5-,6?/m0/s1. The predicted octanol–water partition coefficient (Wildman–Crippen LogP) is 0.141. The van der Waals surface area contributed by atoms with Gasteiger partial charge in [-0.25, -0.2) is 0 Å². The van der Waals surface area contributed by atoms with Crippen molar-refractivity contribution >= 4 is 5.91 Å². The van der Waals surface area contributed by atoms with E-state index in [1.54, 1.807) is 0 Å². The van der Waals surface area contributed by atoms with Gasteiger partial charge in [0, 0.05) is 12.0 Å². The van der Waals surface area contributed by atoms with E-state index in [-0.39, 0.29) is 0 Å². The summed E-state index contributed by atoms with van der Waals surface area (Å²) in [4.78, 5) is 11.0. The van der Waals surface area contributed by atoms with Crippen LogP contribution < -0.4 is 5.32 Å². The maximum Gasteiger partial charge on any atom is 0.223 e. The lowest BCUT2D eigenvalue weighted by Gasteiger charge is -2.22. The van der Waals surface area contributed by atoms with Crippen molar-refractivity contribution in [2.75, 3.05) is 0 Å². The van der Waals surface area contributed by atoms with E-state index in [4.69, 9.17) is 0 Å². The van der Waals surface area contributed by atoms with Crippen LogP contribution in [0.25, 0.3) is 0 Å². The minimum Gasteiger partial charge on any atom is -0.353 e. The Balaban J connectivity index is 2.03. The number of nitrogens with one attached hydrogen (secondary N) is 1. The molecule has 0 aromatic carbocycles. The normalized spacial score (nSPS) is 59.3. The zero-order chi connectivity index (χ0) is 6.01. The number of carbonyl (C=O) groups excluding carboxylic acids is 1. The van der Waals surface area contributed by atoms with Gasteiger partial charge in [-0.3, -0.25) is 4.79 Å². The molecule has 4 bridgehead atoms. The molecule has 2 heterocycles. The summed E-state index contributed by atoms with van der Waals surface area (Å²) in [5.74, 6) is 2.41. The Labute approximate surface area is 53.6 Å². The highest BCUT2D eigenvalue weighted by molar-refractivity contribution is 5.84. The predicted molar refractivity (Wildman–Crippen MR) is 31.6 cm³/mol. The minimum atomic E-state index is 0.340. The van der Waals surface area contributed by atoms with Crippen LogP contribution in [0.4, 0.5) is 0 Å². The van der Waals surface area contributed by atoms with Gasteiger partial charge in [-0.15, -0.1) is 0 Å². The summed E-state index contributed by atoms with van der Waals surface area (Å²) < 4.78 is 0. The van der Waals surface area contributed by atoms with Crippen LogP contribution in [0, 0.1) is 17.8 Å². The molecule has 0 radical (unpaired) electrons. The first kappa shape index (κ1) is 4.31. The maximum absolute atomic E-state index is 11.0. The summed E-state index contributed by atoms with van der Waals surface area (Å²) in [6, 6.07) is 0.567. The summed E-state index contributed by atoms with van der Waals surface area (Å²) in [6.45, 7) is 0. The molecule has 2 atom stereocenters. The zero-order valence-electron chi connectivity index (χ0n) is 5.13. The van der Waals surface area contributed by atoms with Crippen LogP contribution in [-0.4, -0.2) is 11.9 Å². The highest BCUT2D eigenvalue weighted by atomic mass is 16.2. The quantitative estimate of drug-likeness (QED) is 0.487. The minimum absolute atomic E-state index is 0.340. The lowest BCUT2D eigenvalue weighted by molar-refractivity contribution is -0.125. The van der Waals surface area contributed by atoms with Crippen molar-refractivity contribution in [1.82, 2.24) is 5.32 Å². The van der Waals surface area contributed by atoms with E-state index in [1.807, 2.05) is 0 Å². The van der Waals surface area contributed by atoms with Crippen molar-refractivity contribution < 1.29 is 4.79 Å². The monoisotopic (exact) mass is 123 g/mol. The maximum atomic E-state index is 11.0. The van der Waals surface area contributed by atoms with E-state index in [1.165, 1.54) is 12.8 Å². The average Bonchev–Trinajstić information content (AvgIpc) is 2.37. The van der Waals surface area contributed by atoms with Gasteiger partial charge >= 0.3 is 0 Å². The second kappa shape index (κ2) is 1.02. The van der Waals surface area contributed by atoms with Crippen LogP contribution in [-0.2, 0) is 4.79 Å². The molecule has 2 saturated heterocycles. The molecule has 48 valence electrons. The molecule has 2 aliphatic heterocycles. The third kappa shape index (κ3) is 0.345. The fourth-order valence-electron chi connectivity index (χ4n) is 2.65. The first-order chi connectivity index (χ1) is 4.36. The topological polar surface area (TPSA) is 29.1 Å². The Kier molecular flexibility index (Phi) is 0.491. The van der Waals surface area contributed by atoms with Crippen LogP contribution in [0.2, 0.25) is 0 Å². The lowest BCUT2D eigenvalue weighted by Crippen LogP contribution is -2.42. The number of hydrogen-bond acceptors (Lipinski definition) is 1. The van der Waals surface area contributed by atoms with Gasteiger partial charge in [0.05, 0.1) is 0 Å².